The van der Waals surface area contributed by atoms with Crippen LogP contribution in [0.15, 0.2) is 59.2 Å². The van der Waals surface area contributed by atoms with E-state index >= 15 is 0 Å². The summed E-state index contributed by atoms with van der Waals surface area (Å²) in [6.45, 7) is -0.196. The second-order valence-electron chi connectivity index (χ2n) is 9.67. The molecule has 3 heterocycles. The first-order valence-corrected chi connectivity index (χ1v) is 12.6. The van der Waals surface area contributed by atoms with Crippen LogP contribution in [0.25, 0.3) is 22.2 Å². The van der Waals surface area contributed by atoms with E-state index in [-0.39, 0.29) is 34.7 Å². The maximum atomic E-state index is 14.5. The number of carbonyl (C=O) groups excluding carboxylic acids is 2. The molecular weight excluding hydrogens is 600 g/mol. The van der Waals surface area contributed by atoms with Crippen molar-refractivity contribution < 1.29 is 37.0 Å². The average molecular weight is 621 g/mol. The molecule has 2 atom stereocenters. The molecule has 13 heteroatoms. The van der Waals surface area contributed by atoms with Crippen molar-refractivity contribution in [2.45, 2.75) is 24.1 Å². The van der Waals surface area contributed by atoms with Gasteiger partial charge in [-0.1, -0.05) is 0 Å². The Labute approximate surface area is 232 Å². The summed E-state index contributed by atoms with van der Waals surface area (Å²) in [4.78, 5) is 32.3. The number of hydrogen-bond donors (Lipinski definition) is 4. The number of pyridine rings is 1. The van der Waals surface area contributed by atoms with E-state index in [1.54, 1.807) is 12.3 Å². The van der Waals surface area contributed by atoms with Gasteiger partial charge in [0.2, 0.25) is 11.5 Å². The molecule has 5 N–H and O–H groups in total. The lowest BCUT2D eigenvalue weighted by Gasteiger charge is -2.31. The quantitative estimate of drug-likeness (QED) is 0.237. The SMILES string of the molecule is C[C@]1(C(N)=O)COc2c1cc([C@@](O)(CNC(=O)c1cc(Br)c3[nH]ccc3c1)C(F)(F)F)nc2-c1ccc(F)cc1. The number of H-pyrrole nitrogens is 1. The van der Waals surface area contributed by atoms with E-state index in [0.29, 0.717) is 15.4 Å². The highest BCUT2D eigenvalue weighted by Crippen LogP contribution is 2.47. The van der Waals surface area contributed by atoms with Gasteiger partial charge in [-0.05, 0) is 71.4 Å². The molecule has 40 heavy (non-hydrogen) atoms. The third-order valence-electron chi connectivity index (χ3n) is 7.01. The minimum Gasteiger partial charge on any atom is -0.489 e. The van der Waals surface area contributed by atoms with Crippen molar-refractivity contribution in [3.8, 4) is 17.0 Å². The van der Waals surface area contributed by atoms with Crippen molar-refractivity contribution in [3.63, 3.8) is 0 Å². The van der Waals surface area contributed by atoms with Crippen LogP contribution >= 0.6 is 15.9 Å². The first kappa shape index (κ1) is 27.6. The number of aliphatic hydroxyl groups is 1. The summed E-state index contributed by atoms with van der Waals surface area (Å²) in [5.74, 6) is -2.37. The Balaban J connectivity index is 1.60. The Kier molecular flexibility index (Phi) is 6.62. The van der Waals surface area contributed by atoms with Crippen LogP contribution in [-0.4, -0.2) is 46.2 Å². The third kappa shape index (κ3) is 4.48. The van der Waals surface area contributed by atoms with Gasteiger partial charge in [-0.3, -0.25) is 9.59 Å². The largest absolute Gasteiger partial charge is 0.489 e. The number of nitrogens with zero attached hydrogens (tertiary/aromatic N) is 1. The van der Waals surface area contributed by atoms with Crippen LogP contribution in [0.4, 0.5) is 17.6 Å². The van der Waals surface area contributed by atoms with Crippen molar-refractivity contribution in [2.24, 2.45) is 5.73 Å². The zero-order chi connectivity index (χ0) is 29.0. The summed E-state index contributed by atoms with van der Waals surface area (Å²) in [6.07, 6.45) is -3.68. The fourth-order valence-corrected chi connectivity index (χ4v) is 5.10. The Bertz CT molecular complexity index is 1660. The molecule has 0 unspecified atom stereocenters. The molecule has 0 fully saturated rings. The molecule has 5 rings (SSSR count). The van der Waals surface area contributed by atoms with Gasteiger partial charge in [-0.2, -0.15) is 13.2 Å². The highest BCUT2D eigenvalue weighted by Gasteiger charge is 2.57. The molecule has 2 aromatic carbocycles. The number of amides is 2. The van der Waals surface area contributed by atoms with Crippen molar-refractivity contribution in [1.29, 1.82) is 0 Å². The first-order chi connectivity index (χ1) is 18.7. The number of hydrogen-bond acceptors (Lipinski definition) is 5. The van der Waals surface area contributed by atoms with Gasteiger partial charge in [-0.25, -0.2) is 9.37 Å². The fourth-order valence-electron chi connectivity index (χ4n) is 4.51. The van der Waals surface area contributed by atoms with Crippen LogP contribution in [0, 0.1) is 5.82 Å². The van der Waals surface area contributed by atoms with Crippen LogP contribution < -0.4 is 15.8 Å². The van der Waals surface area contributed by atoms with Gasteiger partial charge >= 0.3 is 6.18 Å². The number of aromatic nitrogens is 2. The van der Waals surface area contributed by atoms with E-state index in [9.17, 15) is 32.3 Å². The summed E-state index contributed by atoms with van der Waals surface area (Å²) in [5, 5.41) is 13.9. The maximum Gasteiger partial charge on any atom is 0.424 e. The predicted octanol–water partition coefficient (Wildman–Crippen LogP) is 4.45. The van der Waals surface area contributed by atoms with Crippen LogP contribution in [0.5, 0.6) is 5.75 Å². The fraction of sp³-hybridized carbons (Fsp3) is 0.222. The molecule has 0 bridgehead atoms. The Morgan fingerprint density at radius 2 is 1.90 bits per heavy atom. The number of halogens is 5. The molecule has 2 aromatic heterocycles. The minimum atomic E-state index is -5.32. The summed E-state index contributed by atoms with van der Waals surface area (Å²) in [7, 11) is 0. The molecule has 0 aliphatic carbocycles. The molecule has 208 valence electrons. The Hall–Kier alpha value is -3.97. The van der Waals surface area contributed by atoms with E-state index in [2.05, 4.69) is 31.2 Å². The normalized spacial score (nSPS) is 18.2. The number of fused-ring (bicyclic) bond motifs is 2. The Morgan fingerprint density at radius 1 is 1.20 bits per heavy atom. The molecular formula is C27H21BrF4N4O4. The molecule has 4 aromatic rings. The van der Waals surface area contributed by atoms with Gasteiger partial charge in [-0.15, -0.1) is 0 Å². The summed E-state index contributed by atoms with van der Waals surface area (Å²) in [5.41, 5.74) is 0.157. The zero-order valence-electron chi connectivity index (χ0n) is 20.7. The van der Waals surface area contributed by atoms with Crippen molar-refractivity contribution >= 4 is 38.6 Å². The van der Waals surface area contributed by atoms with E-state index in [0.717, 1.165) is 18.2 Å². The zero-order valence-corrected chi connectivity index (χ0v) is 22.3. The number of nitrogens with two attached hydrogens (primary N) is 1. The summed E-state index contributed by atoms with van der Waals surface area (Å²) >= 11 is 3.32. The van der Waals surface area contributed by atoms with E-state index in [4.69, 9.17) is 10.5 Å². The van der Waals surface area contributed by atoms with Gasteiger partial charge in [0, 0.05) is 32.7 Å². The highest BCUT2D eigenvalue weighted by molar-refractivity contribution is 9.10. The lowest BCUT2D eigenvalue weighted by molar-refractivity contribution is -0.265. The molecule has 0 radical (unpaired) electrons. The standard InChI is InChI=1S/C27H21BrF4N4O4/c1-25(24(33)38)12-40-22-17(25)10-19(36-21(22)13-2-4-16(29)5-3-13)26(39,27(30,31)32)11-35-23(37)15-8-14-6-7-34-20(14)18(28)9-15/h2-10,34,39H,11-12H2,1H3,(H2,33,38)(H,35,37)/t25-,26-/m0/s1. The number of primary amides is 1. The molecule has 1 aliphatic rings. The number of rotatable bonds is 6. The summed E-state index contributed by atoms with van der Waals surface area (Å²) < 4.78 is 63.4. The number of alkyl halides is 3. The third-order valence-corrected chi connectivity index (χ3v) is 7.63. The second kappa shape index (κ2) is 9.59. The number of benzene rings is 2. The van der Waals surface area contributed by atoms with Crippen molar-refractivity contribution in [2.75, 3.05) is 13.2 Å². The van der Waals surface area contributed by atoms with Crippen molar-refractivity contribution in [3.05, 3.63) is 81.8 Å². The highest BCUT2D eigenvalue weighted by atomic mass is 79.9. The van der Waals surface area contributed by atoms with Gasteiger partial charge in [0.05, 0.1) is 17.8 Å². The lowest BCUT2D eigenvalue weighted by Crippen LogP contribution is -2.51. The predicted molar refractivity (Wildman–Crippen MR) is 140 cm³/mol. The molecule has 0 spiro atoms. The Morgan fingerprint density at radius 3 is 2.55 bits per heavy atom. The van der Waals surface area contributed by atoms with Gasteiger partial charge < -0.3 is 25.9 Å². The van der Waals surface area contributed by atoms with Crippen LogP contribution in [0.2, 0.25) is 0 Å². The molecule has 1 aliphatic heterocycles. The topological polar surface area (TPSA) is 130 Å². The number of ether oxygens (including phenoxy) is 1. The van der Waals surface area contributed by atoms with Gasteiger partial charge in [0.15, 0.2) is 0 Å². The van der Waals surface area contributed by atoms with E-state index in [1.165, 1.54) is 31.2 Å². The monoisotopic (exact) mass is 620 g/mol. The van der Waals surface area contributed by atoms with Crippen LogP contribution in [0.1, 0.15) is 28.5 Å². The number of aromatic amines is 1. The molecule has 0 saturated heterocycles. The average Bonchev–Trinajstić information content (AvgIpc) is 3.52. The van der Waals surface area contributed by atoms with Crippen molar-refractivity contribution in [1.82, 2.24) is 15.3 Å². The van der Waals surface area contributed by atoms with E-state index < -0.39 is 47.1 Å². The molecule has 8 nitrogen and oxygen atoms in total. The van der Waals surface area contributed by atoms with E-state index in [1.807, 2.05) is 0 Å². The van der Waals surface area contributed by atoms with Crippen LogP contribution in [0.3, 0.4) is 0 Å². The second-order valence-corrected chi connectivity index (χ2v) is 10.5. The minimum absolute atomic E-state index is 0.0186. The maximum absolute atomic E-state index is 14.5. The van der Waals surface area contributed by atoms with Crippen LogP contribution in [-0.2, 0) is 15.8 Å². The summed E-state index contributed by atoms with van der Waals surface area (Å²) in [6, 6.07) is 10.2. The molecule has 0 saturated carbocycles. The number of carbonyl (C=O) groups is 2. The first-order valence-electron chi connectivity index (χ1n) is 11.8. The lowest BCUT2D eigenvalue weighted by atomic mass is 9.81. The smallest absolute Gasteiger partial charge is 0.424 e. The number of nitrogens with one attached hydrogen (secondary N) is 2. The van der Waals surface area contributed by atoms with Gasteiger partial charge in [0.25, 0.3) is 5.91 Å². The van der Waals surface area contributed by atoms with Gasteiger partial charge in [0.1, 0.15) is 29.3 Å². The molecule has 2 amide bonds.